The number of methoxy groups -OCH3 is 2. The van der Waals surface area contributed by atoms with Crippen molar-refractivity contribution in [2.75, 3.05) is 14.2 Å². The molecule has 0 saturated carbocycles. The van der Waals surface area contributed by atoms with E-state index in [1.165, 1.54) is 0 Å². The lowest BCUT2D eigenvalue weighted by atomic mass is 9.96. The average Bonchev–Trinajstić information content (AvgIpc) is 3.24. The van der Waals surface area contributed by atoms with E-state index in [9.17, 15) is 0 Å². The summed E-state index contributed by atoms with van der Waals surface area (Å²) in [6.45, 7) is 0. The van der Waals surface area contributed by atoms with Crippen molar-refractivity contribution in [3.63, 3.8) is 0 Å². The van der Waals surface area contributed by atoms with E-state index in [1.54, 1.807) is 14.2 Å². The molecule has 0 radical (unpaired) electrons. The molecule has 0 spiro atoms. The van der Waals surface area contributed by atoms with E-state index in [0.717, 1.165) is 40.3 Å². The molecule has 7 heteroatoms. The Bertz CT molecular complexity index is 1160. The number of halogens is 2. The van der Waals surface area contributed by atoms with Crippen LogP contribution in [0.5, 0.6) is 17.2 Å². The lowest BCUT2D eigenvalue weighted by Gasteiger charge is -2.38. The van der Waals surface area contributed by atoms with E-state index in [0.29, 0.717) is 15.8 Å². The molecule has 2 aliphatic heterocycles. The number of ether oxygens (including phenoxy) is 3. The maximum atomic E-state index is 6.44. The van der Waals surface area contributed by atoms with E-state index in [1.807, 2.05) is 65.7 Å². The zero-order valence-corrected chi connectivity index (χ0v) is 18.5. The molecule has 0 aliphatic carbocycles. The first-order chi connectivity index (χ1) is 15.1. The first kappa shape index (κ1) is 20.0. The number of hydrazone groups is 1. The highest BCUT2D eigenvalue weighted by Crippen LogP contribution is 2.49. The predicted octanol–water partition coefficient (Wildman–Crippen LogP) is 6.25. The monoisotopic (exact) mass is 454 g/mol. The maximum Gasteiger partial charge on any atom is 0.217 e. The molecule has 2 aliphatic rings. The summed E-state index contributed by atoms with van der Waals surface area (Å²) < 4.78 is 17.5. The van der Waals surface area contributed by atoms with Gasteiger partial charge in [0.15, 0.2) is 0 Å². The van der Waals surface area contributed by atoms with Gasteiger partial charge in [-0.2, -0.15) is 5.10 Å². The standard InChI is InChI=1S/C24H20Cl2N2O3/c1-29-17-8-10-22(30-2)19(12-17)24-28-21(18-11-16(26)7-9-23(18)31-24)13-20(27-28)14-3-5-15(25)6-4-14/h3-12,21,24H,13H2,1-2H3/t21-,24-/m0/s1. The number of fused-ring (bicyclic) bond motifs is 3. The third-order valence-corrected chi connectivity index (χ3v) is 6.12. The highest BCUT2D eigenvalue weighted by atomic mass is 35.5. The minimum absolute atomic E-state index is 0.0194. The van der Waals surface area contributed by atoms with E-state index < -0.39 is 6.23 Å². The van der Waals surface area contributed by atoms with Crippen LogP contribution in [0.2, 0.25) is 10.0 Å². The van der Waals surface area contributed by atoms with Crippen LogP contribution >= 0.6 is 23.2 Å². The Balaban J connectivity index is 1.63. The van der Waals surface area contributed by atoms with Crippen LogP contribution in [0, 0.1) is 0 Å². The van der Waals surface area contributed by atoms with Crippen LogP contribution in [0.3, 0.4) is 0 Å². The molecular formula is C24H20Cl2N2O3. The second kappa shape index (κ2) is 7.98. The number of hydrogen-bond donors (Lipinski definition) is 0. The highest BCUT2D eigenvalue weighted by molar-refractivity contribution is 6.31. The third-order valence-electron chi connectivity index (χ3n) is 5.63. The molecule has 0 N–H and O–H groups in total. The summed E-state index contributed by atoms with van der Waals surface area (Å²) in [4.78, 5) is 0. The van der Waals surface area contributed by atoms with Crippen LogP contribution in [-0.4, -0.2) is 24.9 Å². The fourth-order valence-electron chi connectivity index (χ4n) is 4.11. The van der Waals surface area contributed by atoms with E-state index in [2.05, 4.69) is 0 Å². The molecule has 158 valence electrons. The van der Waals surface area contributed by atoms with Crippen LogP contribution in [-0.2, 0) is 0 Å². The maximum absolute atomic E-state index is 6.44. The summed E-state index contributed by atoms with van der Waals surface area (Å²) in [5, 5.41) is 8.32. The summed E-state index contributed by atoms with van der Waals surface area (Å²) in [7, 11) is 3.28. The molecule has 31 heavy (non-hydrogen) atoms. The Morgan fingerprint density at radius 1 is 0.903 bits per heavy atom. The molecule has 3 aromatic carbocycles. The van der Waals surface area contributed by atoms with Crippen molar-refractivity contribution in [1.29, 1.82) is 0 Å². The minimum atomic E-state index is -0.478. The van der Waals surface area contributed by atoms with Gasteiger partial charge >= 0.3 is 0 Å². The van der Waals surface area contributed by atoms with Crippen LogP contribution in [0.1, 0.15) is 35.4 Å². The molecule has 0 bridgehead atoms. The van der Waals surface area contributed by atoms with Gasteiger partial charge in [-0.15, -0.1) is 0 Å². The molecule has 0 saturated heterocycles. The molecule has 0 aromatic heterocycles. The van der Waals surface area contributed by atoms with Crippen LogP contribution in [0.4, 0.5) is 0 Å². The SMILES string of the molecule is COc1ccc(OC)c([C@@H]2Oc3ccc(Cl)cc3[C@@H]3CC(c4ccc(Cl)cc4)=NN32)c1. The van der Waals surface area contributed by atoms with Crippen molar-refractivity contribution in [3.8, 4) is 17.2 Å². The van der Waals surface area contributed by atoms with Gasteiger partial charge in [0.05, 0.1) is 31.5 Å². The summed E-state index contributed by atoms with van der Waals surface area (Å²) in [5.74, 6) is 2.21. The van der Waals surface area contributed by atoms with Crippen molar-refractivity contribution in [2.45, 2.75) is 18.7 Å². The largest absolute Gasteiger partial charge is 0.497 e. The van der Waals surface area contributed by atoms with Gasteiger partial charge in [0.25, 0.3) is 0 Å². The second-order valence-corrected chi connectivity index (χ2v) is 8.29. The zero-order valence-electron chi connectivity index (χ0n) is 17.0. The van der Waals surface area contributed by atoms with Crippen molar-refractivity contribution in [1.82, 2.24) is 5.01 Å². The van der Waals surface area contributed by atoms with Gasteiger partial charge in [-0.25, -0.2) is 5.01 Å². The molecule has 2 atom stereocenters. The average molecular weight is 455 g/mol. The fraction of sp³-hybridized carbons (Fsp3) is 0.208. The number of hydrogen-bond acceptors (Lipinski definition) is 5. The van der Waals surface area contributed by atoms with Crippen LogP contribution < -0.4 is 14.2 Å². The quantitative estimate of drug-likeness (QED) is 0.466. The molecule has 0 fully saturated rings. The Kier molecular flexibility index (Phi) is 5.16. The van der Waals surface area contributed by atoms with Crippen molar-refractivity contribution >= 4 is 28.9 Å². The number of nitrogens with zero attached hydrogens (tertiary/aromatic N) is 2. The summed E-state index contributed by atoms with van der Waals surface area (Å²) in [6, 6.07) is 19.1. The van der Waals surface area contributed by atoms with Crippen LogP contribution in [0.25, 0.3) is 0 Å². The topological polar surface area (TPSA) is 43.3 Å². The third kappa shape index (κ3) is 3.58. The van der Waals surface area contributed by atoms with E-state index in [4.69, 9.17) is 42.5 Å². The van der Waals surface area contributed by atoms with Gasteiger partial charge in [0.2, 0.25) is 6.23 Å². The van der Waals surface area contributed by atoms with Gasteiger partial charge in [-0.05, 0) is 54.1 Å². The molecular weight excluding hydrogens is 435 g/mol. The Morgan fingerprint density at radius 3 is 2.42 bits per heavy atom. The minimum Gasteiger partial charge on any atom is -0.497 e. The summed E-state index contributed by atoms with van der Waals surface area (Å²) in [5.41, 5.74) is 3.84. The molecule has 3 aromatic rings. The van der Waals surface area contributed by atoms with E-state index in [-0.39, 0.29) is 6.04 Å². The predicted molar refractivity (Wildman–Crippen MR) is 122 cm³/mol. The van der Waals surface area contributed by atoms with E-state index >= 15 is 0 Å². The highest BCUT2D eigenvalue weighted by Gasteiger charge is 2.42. The van der Waals surface area contributed by atoms with Crippen LogP contribution in [0.15, 0.2) is 65.8 Å². The van der Waals surface area contributed by atoms with Gasteiger partial charge in [-0.3, -0.25) is 0 Å². The molecule has 5 nitrogen and oxygen atoms in total. The lowest BCUT2D eigenvalue weighted by molar-refractivity contribution is -0.0204. The number of benzene rings is 3. The molecule has 0 amide bonds. The Hall–Kier alpha value is -2.89. The van der Waals surface area contributed by atoms with Crippen molar-refractivity contribution in [3.05, 3.63) is 87.4 Å². The van der Waals surface area contributed by atoms with Gasteiger partial charge in [0, 0.05) is 22.0 Å². The number of rotatable bonds is 4. The van der Waals surface area contributed by atoms with Gasteiger partial charge < -0.3 is 14.2 Å². The van der Waals surface area contributed by atoms with Crippen molar-refractivity contribution < 1.29 is 14.2 Å². The smallest absolute Gasteiger partial charge is 0.217 e. The second-order valence-electron chi connectivity index (χ2n) is 7.41. The zero-order chi connectivity index (χ0) is 21.5. The molecule has 5 rings (SSSR count). The first-order valence-electron chi connectivity index (χ1n) is 9.87. The first-order valence-corrected chi connectivity index (χ1v) is 10.6. The fourth-order valence-corrected chi connectivity index (χ4v) is 4.42. The lowest BCUT2D eigenvalue weighted by Crippen LogP contribution is -2.34. The Labute approximate surface area is 190 Å². The Morgan fingerprint density at radius 2 is 1.68 bits per heavy atom. The molecule has 0 unspecified atom stereocenters. The summed E-state index contributed by atoms with van der Waals surface area (Å²) >= 11 is 12.4. The van der Waals surface area contributed by atoms with Gasteiger partial charge in [0.1, 0.15) is 17.2 Å². The van der Waals surface area contributed by atoms with Crippen molar-refractivity contribution in [2.24, 2.45) is 5.10 Å². The summed E-state index contributed by atoms with van der Waals surface area (Å²) in [6.07, 6.45) is 0.245. The van der Waals surface area contributed by atoms with Gasteiger partial charge in [-0.1, -0.05) is 35.3 Å². The normalized spacial score (nSPS) is 19.2. The molecule has 2 heterocycles.